The van der Waals surface area contributed by atoms with Gasteiger partial charge in [0, 0.05) is 13.0 Å². The van der Waals surface area contributed by atoms with Crippen molar-refractivity contribution in [3.05, 3.63) is 34.9 Å². The van der Waals surface area contributed by atoms with Crippen LogP contribution in [-0.4, -0.2) is 36.3 Å². The monoisotopic (exact) mass is 333 g/mol. The summed E-state index contributed by atoms with van der Waals surface area (Å²) < 4.78 is 10.2. The molecule has 0 aliphatic carbocycles. The number of likely N-dealkylation sites (tertiary alicyclic amines) is 1. The average Bonchev–Trinajstić information content (AvgIpc) is 2.53. The molecule has 1 aromatic carbocycles. The van der Waals surface area contributed by atoms with Gasteiger partial charge in [-0.05, 0) is 49.8 Å². The summed E-state index contributed by atoms with van der Waals surface area (Å²) in [7, 11) is 0. The molecule has 5 heteroatoms. The van der Waals surface area contributed by atoms with Crippen LogP contribution < -0.4 is 0 Å². The number of ether oxygens (including phenoxy) is 2. The fourth-order valence-electron chi connectivity index (χ4n) is 3.16. The van der Waals surface area contributed by atoms with Gasteiger partial charge in [0.2, 0.25) is 5.91 Å². The maximum atomic E-state index is 12.9. The molecule has 0 radical (unpaired) electrons. The van der Waals surface area contributed by atoms with Crippen LogP contribution in [0.15, 0.2) is 18.2 Å². The molecule has 0 N–H and O–H groups in total. The van der Waals surface area contributed by atoms with Gasteiger partial charge in [0.1, 0.15) is 0 Å². The quantitative estimate of drug-likeness (QED) is 0.790. The van der Waals surface area contributed by atoms with Crippen molar-refractivity contribution in [2.75, 3.05) is 13.2 Å². The lowest BCUT2D eigenvalue weighted by atomic mass is 9.96. The normalized spacial score (nSPS) is 20.6. The maximum absolute atomic E-state index is 12.9. The topological polar surface area (TPSA) is 55.8 Å². The summed E-state index contributed by atoms with van der Waals surface area (Å²) in [5.74, 6) is 0.391. The molecule has 1 heterocycles. The van der Waals surface area contributed by atoms with Gasteiger partial charge in [-0.2, -0.15) is 0 Å². The van der Waals surface area contributed by atoms with Crippen LogP contribution in [0.3, 0.4) is 0 Å². The molecule has 24 heavy (non-hydrogen) atoms. The summed E-state index contributed by atoms with van der Waals surface area (Å²) in [6.45, 7) is 8.74. The average molecular weight is 333 g/mol. The fourth-order valence-corrected chi connectivity index (χ4v) is 3.16. The molecule has 0 bridgehead atoms. The molecular weight excluding hydrogens is 306 g/mol. The lowest BCUT2D eigenvalue weighted by Crippen LogP contribution is -2.49. The summed E-state index contributed by atoms with van der Waals surface area (Å²) in [6.07, 6.45) is 0.669. The molecule has 1 aliphatic heterocycles. The number of carbonyl (C=O) groups is 2. The second-order valence-corrected chi connectivity index (χ2v) is 6.53. The van der Waals surface area contributed by atoms with Crippen LogP contribution in [0.1, 0.15) is 43.4 Å². The van der Waals surface area contributed by atoms with Crippen molar-refractivity contribution in [3.63, 3.8) is 0 Å². The van der Waals surface area contributed by atoms with Gasteiger partial charge in [-0.3, -0.25) is 4.79 Å². The fraction of sp³-hybridized carbons (Fsp3) is 0.579. The predicted molar refractivity (Wildman–Crippen MR) is 91.6 cm³/mol. The molecule has 0 saturated carbocycles. The minimum atomic E-state index is -0.707. The van der Waals surface area contributed by atoms with E-state index < -0.39 is 12.4 Å². The number of carbonyl (C=O) groups excluding carboxylic acids is 2. The van der Waals surface area contributed by atoms with Gasteiger partial charge in [0.25, 0.3) is 0 Å². The SMILES string of the molecule is CCOC(=O)OC1CCC(C)CN1C(=O)Cc1c(C)cccc1C. The molecular formula is C19H27NO4. The highest BCUT2D eigenvalue weighted by molar-refractivity contribution is 5.80. The molecule has 0 aromatic heterocycles. The Kier molecular flexibility index (Phi) is 6.23. The van der Waals surface area contributed by atoms with E-state index >= 15 is 0 Å². The standard InChI is InChI=1S/C19H27NO4/c1-5-23-19(22)24-18-10-9-13(2)12-20(18)17(21)11-16-14(3)7-6-8-15(16)4/h6-8,13,18H,5,9-12H2,1-4H3. The lowest BCUT2D eigenvalue weighted by Gasteiger charge is -2.37. The first kappa shape index (κ1) is 18.3. The third-order valence-corrected chi connectivity index (χ3v) is 4.55. The first-order valence-corrected chi connectivity index (χ1v) is 8.60. The van der Waals surface area contributed by atoms with E-state index in [2.05, 4.69) is 6.92 Å². The van der Waals surface area contributed by atoms with E-state index in [9.17, 15) is 9.59 Å². The van der Waals surface area contributed by atoms with Crippen molar-refractivity contribution in [1.82, 2.24) is 4.90 Å². The number of rotatable bonds is 4. The van der Waals surface area contributed by atoms with Gasteiger partial charge >= 0.3 is 6.16 Å². The van der Waals surface area contributed by atoms with Gasteiger partial charge in [-0.25, -0.2) is 4.79 Å². The summed E-state index contributed by atoms with van der Waals surface area (Å²) in [5, 5.41) is 0. The number of nitrogens with zero attached hydrogens (tertiary/aromatic N) is 1. The summed E-state index contributed by atoms with van der Waals surface area (Å²) in [6, 6.07) is 6.02. The van der Waals surface area contributed by atoms with Gasteiger partial charge in [-0.1, -0.05) is 25.1 Å². The smallest absolute Gasteiger partial charge is 0.435 e. The zero-order valence-corrected chi connectivity index (χ0v) is 15.0. The lowest BCUT2D eigenvalue weighted by molar-refractivity contribution is -0.148. The maximum Gasteiger partial charge on any atom is 0.510 e. The molecule has 1 fully saturated rings. The molecule has 2 unspecified atom stereocenters. The number of amides is 1. The van der Waals surface area contributed by atoms with Crippen molar-refractivity contribution in [2.45, 2.75) is 53.2 Å². The first-order valence-electron chi connectivity index (χ1n) is 8.60. The van der Waals surface area contributed by atoms with Crippen molar-refractivity contribution >= 4 is 12.1 Å². The third kappa shape index (κ3) is 4.49. The van der Waals surface area contributed by atoms with Crippen molar-refractivity contribution in [3.8, 4) is 0 Å². The summed E-state index contributed by atoms with van der Waals surface area (Å²) in [5.41, 5.74) is 3.27. The van der Waals surface area contributed by atoms with E-state index in [1.807, 2.05) is 32.0 Å². The van der Waals surface area contributed by atoms with E-state index in [1.54, 1.807) is 11.8 Å². The number of piperidine rings is 1. The Morgan fingerprint density at radius 2 is 1.88 bits per heavy atom. The highest BCUT2D eigenvalue weighted by Crippen LogP contribution is 2.25. The van der Waals surface area contributed by atoms with Crippen LogP contribution >= 0.6 is 0 Å². The van der Waals surface area contributed by atoms with Crippen LogP contribution in [-0.2, 0) is 20.7 Å². The zero-order chi connectivity index (χ0) is 17.7. The van der Waals surface area contributed by atoms with E-state index in [0.717, 1.165) is 23.1 Å². The van der Waals surface area contributed by atoms with E-state index in [1.165, 1.54) is 0 Å². The largest absolute Gasteiger partial charge is 0.510 e. The molecule has 0 spiro atoms. The van der Waals surface area contributed by atoms with Gasteiger partial charge in [-0.15, -0.1) is 0 Å². The Hall–Kier alpha value is -2.04. The van der Waals surface area contributed by atoms with E-state index in [4.69, 9.17) is 9.47 Å². The van der Waals surface area contributed by atoms with Crippen LogP contribution in [0.25, 0.3) is 0 Å². The van der Waals surface area contributed by atoms with E-state index in [0.29, 0.717) is 25.3 Å². The molecule has 132 valence electrons. The molecule has 1 amide bonds. The third-order valence-electron chi connectivity index (χ3n) is 4.55. The van der Waals surface area contributed by atoms with Crippen molar-refractivity contribution in [1.29, 1.82) is 0 Å². The van der Waals surface area contributed by atoms with Crippen molar-refractivity contribution < 1.29 is 19.1 Å². The number of benzene rings is 1. The summed E-state index contributed by atoms with van der Waals surface area (Å²) in [4.78, 5) is 26.2. The molecule has 1 saturated heterocycles. The minimum absolute atomic E-state index is 0.00625. The Morgan fingerprint density at radius 1 is 1.21 bits per heavy atom. The van der Waals surface area contributed by atoms with Gasteiger partial charge in [0.15, 0.2) is 6.23 Å². The first-order chi connectivity index (χ1) is 11.4. The molecule has 1 aromatic rings. The second-order valence-electron chi connectivity index (χ2n) is 6.53. The Labute approximate surface area is 143 Å². The van der Waals surface area contributed by atoms with E-state index in [-0.39, 0.29) is 12.5 Å². The molecule has 1 aliphatic rings. The Bertz CT molecular complexity index is 579. The van der Waals surface area contributed by atoms with Crippen LogP contribution in [0.5, 0.6) is 0 Å². The summed E-state index contributed by atoms with van der Waals surface area (Å²) >= 11 is 0. The van der Waals surface area contributed by atoms with Gasteiger partial charge < -0.3 is 14.4 Å². The number of hydrogen-bond acceptors (Lipinski definition) is 4. The highest BCUT2D eigenvalue weighted by Gasteiger charge is 2.33. The van der Waals surface area contributed by atoms with Gasteiger partial charge in [0.05, 0.1) is 13.0 Å². The second kappa shape index (κ2) is 8.18. The van der Waals surface area contributed by atoms with Crippen LogP contribution in [0.4, 0.5) is 4.79 Å². The number of aryl methyl sites for hydroxylation is 2. The number of hydrogen-bond donors (Lipinski definition) is 0. The Morgan fingerprint density at radius 3 is 2.50 bits per heavy atom. The predicted octanol–water partition coefficient (Wildman–Crippen LogP) is 3.60. The van der Waals surface area contributed by atoms with Crippen molar-refractivity contribution in [2.24, 2.45) is 5.92 Å². The van der Waals surface area contributed by atoms with Crippen LogP contribution in [0, 0.1) is 19.8 Å². The molecule has 2 rings (SSSR count). The zero-order valence-electron chi connectivity index (χ0n) is 15.0. The molecule has 2 atom stereocenters. The minimum Gasteiger partial charge on any atom is -0.435 e. The Balaban J connectivity index is 2.12. The molecule has 5 nitrogen and oxygen atoms in total. The highest BCUT2D eigenvalue weighted by atomic mass is 16.7. The van der Waals surface area contributed by atoms with Crippen LogP contribution in [0.2, 0.25) is 0 Å².